The van der Waals surface area contributed by atoms with Gasteiger partial charge in [-0.05, 0) is 24.0 Å². The standard InChI is InChI=1S/C14H24N2O3S/c1-2-9-19-10-3-8-16-20(17,18)12-14-6-4-13(11-15)5-7-14/h4-7,16H,2-3,8-12,15H2,1H3. The highest BCUT2D eigenvalue weighted by atomic mass is 32.2. The van der Waals surface area contributed by atoms with Crippen molar-refractivity contribution in [3.63, 3.8) is 0 Å². The summed E-state index contributed by atoms with van der Waals surface area (Å²) in [7, 11) is -3.28. The van der Waals surface area contributed by atoms with Crippen molar-refractivity contribution in [1.82, 2.24) is 4.72 Å². The zero-order chi connectivity index (χ0) is 14.8. The minimum atomic E-state index is -3.28. The number of nitrogens with one attached hydrogen (secondary N) is 1. The van der Waals surface area contributed by atoms with Gasteiger partial charge in [-0.1, -0.05) is 31.2 Å². The van der Waals surface area contributed by atoms with Gasteiger partial charge in [-0.2, -0.15) is 0 Å². The van der Waals surface area contributed by atoms with Gasteiger partial charge in [-0.3, -0.25) is 0 Å². The number of hydrogen-bond donors (Lipinski definition) is 2. The molecular weight excluding hydrogens is 276 g/mol. The highest BCUT2D eigenvalue weighted by Crippen LogP contribution is 2.07. The molecule has 0 aliphatic carbocycles. The fraction of sp³-hybridized carbons (Fsp3) is 0.571. The number of nitrogens with two attached hydrogens (primary N) is 1. The Kier molecular flexibility index (Phi) is 7.76. The first-order valence-electron chi connectivity index (χ1n) is 6.90. The maximum absolute atomic E-state index is 11.9. The number of benzene rings is 1. The first kappa shape index (κ1) is 17.1. The largest absolute Gasteiger partial charge is 0.381 e. The molecule has 0 saturated heterocycles. The molecule has 0 spiro atoms. The Labute approximate surface area is 121 Å². The Morgan fingerprint density at radius 3 is 2.40 bits per heavy atom. The molecule has 5 nitrogen and oxygen atoms in total. The van der Waals surface area contributed by atoms with E-state index in [2.05, 4.69) is 4.72 Å². The monoisotopic (exact) mass is 300 g/mol. The normalized spacial score (nSPS) is 11.7. The van der Waals surface area contributed by atoms with Gasteiger partial charge in [0, 0.05) is 26.3 Å². The van der Waals surface area contributed by atoms with Crippen molar-refractivity contribution in [2.24, 2.45) is 5.73 Å². The van der Waals surface area contributed by atoms with Crippen molar-refractivity contribution in [3.05, 3.63) is 35.4 Å². The van der Waals surface area contributed by atoms with Crippen LogP contribution in [0.1, 0.15) is 30.9 Å². The van der Waals surface area contributed by atoms with Crippen LogP contribution in [-0.4, -0.2) is 28.2 Å². The lowest BCUT2D eigenvalue weighted by Gasteiger charge is -2.07. The summed E-state index contributed by atoms with van der Waals surface area (Å²) in [5.74, 6) is -0.00628. The summed E-state index contributed by atoms with van der Waals surface area (Å²) in [5, 5.41) is 0. The van der Waals surface area contributed by atoms with Gasteiger partial charge in [0.15, 0.2) is 0 Å². The van der Waals surface area contributed by atoms with E-state index in [1.807, 2.05) is 19.1 Å². The average Bonchev–Trinajstić information content (AvgIpc) is 2.43. The molecule has 20 heavy (non-hydrogen) atoms. The Morgan fingerprint density at radius 2 is 1.80 bits per heavy atom. The molecule has 114 valence electrons. The minimum absolute atomic E-state index is 0.00628. The van der Waals surface area contributed by atoms with Gasteiger partial charge < -0.3 is 10.5 Å². The van der Waals surface area contributed by atoms with E-state index in [1.165, 1.54) is 0 Å². The number of rotatable bonds is 10. The van der Waals surface area contributed by atoms with Gasteiger partial charge in [0.1, 0.15) is 0 Å². The predicted octanol–water partition coefficient (Wildman–Crippen LogP) is 1.38. The lowest BCUT2D eigenvalue weighted by Crippen LogP contribution is -2.27. The van der Waals surface area contributed by atoms with E-state index in [4.69, 9.17) is 10.5 Å². The lowest BCUT2D eigenvalue weighted by molar-refractivity contribution is 0.133. The van der Waals surface area contributed by atoms with Crippen LogP contribution in [-0.2, 0) is 27.1 Å². The molecule has 0 saturated carbocycles. The van der Waals surface area contributed by atoms with Crippen LogP contribution in [0.5, 0.6) is 0 Å². The molecule has 1 aromatic rings. The molecule has 0 bridgehead atoms. The van der Waals surface area contributed by atoms with Crippen molar-refractivity contribution < 1.29 is 13.2 Å². The van der Waals surface area contributed by atoms with E-state index >= 15 is 0 Å². The van der Waals surface area contributed by atoms with E-state index < -0.39 is 10.0 Å². The van der Waals surface area contributed by atoms with Gasteiger partial charge in [0.05, 0.1) is 5.75 Å². The third kappa shape index (κ3) is 7.00. The van der Waals surface area contributed by atoms with Gasteiger partial charge >= 0.3 is 0 Å². The summed E-state index contributed by atoms with van der Waals surface area (Å²) in [4.78, 5) is 0. The molecule has 0 fully saturated rings. The Bertz CT molecular complexity index is 472. The third-order valence-electron chi connectivity index (χ3n) is 2.75. The topological polar surface area (TPSA) is 81.4 Å². The number of ether oxygens (including phenoxy) is 1. The second kappa shape index (κ2) is 9.07. The zero-order valence-corrected chi connectivity index (χ0v) is 12.8. The summed E-state index contributed by atoms with van der Waals surface area (Å²) in [6.07, 6.45) is 1.66. The fourth-order valence-electron chi connectivity index (χ4n) is 1.69. The van der Waals surface area contributed by atoms with Crippen molar-refractivity contribution >= 4 is 10.0 Å². The molecule has 0 radical (unpaired) electrons. The van der Waals surface area contributed by atoms with E-state index in [1.54, 1.807) is 12.1 Å². The lowest BCUT2D eigenvalue weighted by atomic mass is 10.1. The zero-order valence-electron chi connectivity index (χ0n) is 12.0. The van der Waals surface area contributed by atoms with Crippen molar-refractivity contribution in [2.75, 3.05) is 19.8 Å². The van der Waals surface area contributed by atoms with Crippen molar-refractivity contribution in [3.8, 4) is 0 Å². The Hall–Kier alpha value is -0.950. The summed E-state index contributed by atoms with van der Waals surface area (Å²) < 4.78 is 31.6. The SMILES string of the molecule is CCCOCCCNS(=O)(=O)Cc1ccc(CN)cc1. The first-order chi connectivity index (χ1) is 9.57. The van der Waals surface area contributed by atoms with Crippen LogP contribution in [0.4, 0.5) is 0 Å². The van der Waals surface area contributed by atoms with E-state index in [0.717, 1.165) is 24.2 Å². The Balaban J connectivity index is 2.33. The maximum atomic E-state index is 11.9. The van der Waals surface area contributed by atoms with Crippen molar-refractivity contribution in [2.45, 2.75) is 32.1 Å². The molecule has 1 rings (SSSR count). The average molecular weight is 300 g/mol. The quantitative estimate of drug-likeness (QED) is 0.640. The molecule has 6 heteroatoms. The van der Waals surface area contributed by atoms with Crippen LogP contribution in [0.2, 0.25) is 0 Å². The van der Waals surface area contributed by atoms with E-state index in [0.29, 0.717) is 26.1 Å². The van der Waals surface area contributed by atoms with Crippen LogP contribution in [0.25, 0.3) is 0 Å². The van der Waals surface area contributed by atoms with Crippen molar-refractivity contribution in [1.29, 1.82) is 0 Å². The summed E-state index contributed by atoms with van der Waals surface area (Å²) >= 11 is 0. The second-order valence-electron chi connectivity index (χ2n) is 4.64. The summed E-state index contributed by atoms with van der Waals surface area (Å²) in [6, 6.07) is 7.30. The third-order valence-corrected chi connectivity index (χ3v) is 4.11. The van der Waals surface area contributed by atoms with Gasteiger partial charge in [-0.25, -0.2) is 13.1 Å². The van der Waals surface area contributed by atoms with Crippen LogP contribution >= 0.6 is 0 Å². The van der Waals surface area contributed by atoms with Crippen LogP contribution in [0.3, 0.4) is 0 Å². The summed E-state index contributed by atoms with van der Waals surface area (Å²) in [6.45, 7) is 4.22. The van der Waals surface area contributed by atoms with Gasteiger partial charge in [0.25, 0.3) is 0 Å². The molecule has 0 aliphatic heterocycles. The number of hydrogen-bond acceptors (Lipinski definition) is 4. The van der Waals surface area contributed by atoms with E-state index in [9.17, 15) is 8.42 Å². The minimum Gasteiger partial charge on any atom is -0.381 e. The highest BCUT2D eigenvalue weighted by molar-refractivity contribution is 7.88. The van der Waals surface area contributed by atoms with Crippen LogP contribution < -0.4 is 10.5 Å². The first-order valence-corrected chi connectivity index (χ1v) is 8.55. The number of sulfonamides is 1. The second-order valence-corrected chi connectivity index (χ2v) is 6.45. The molecule has 0 aliphatic rings. The van der Waals surface area contributed by atoms with Crippen LogP contribution in [0, 0.1) is 0 Å². The smallest absolute Gasteiger partial charge is 0.215 e. The molecule has 0 aromatic heterocycles. The molecule has 1 aromatic carbocycles. The highest BCUT2D eigenvalue weighted by Gasteiger charge is 2.10. The molecule has 0 heterocycles. The molecular formula is C14H24N2O3S. The summed E-state index contributed by atoms with van der Waals surface area (Å²) in [5.41, 5.74) is 7.25. The molecule has 0 atom stereocenters. The Morgan fingerprint density at radius 1 is 1.15 bits per heavy atom. The van der Waals surface area contributed by atoms with Gasteiger partial charge in [0.2, 0.25) is 10.0 Å². The molecule has 0 amide bonds. The maximum Gasteiger partial charge on any atom is 0.215 e. The van der Waals surface area contributed by atoms with Crippen LogP contribution in [0.15, 0.2) is 24.3 Å². The molecule has 0 unspecified atom stereocenters. The molecule has 3 N–H and O–H groups in total. The fourth-order valence-corrected chi connectivity index (χ4v) is 2.88. The van der Waals surface area contributed by atoms with E-state index in [-0.39, 0.29) is 5.75 Å². The van der Waals surface area contributed by atoms with Gasteiger partial charge in [-0.15, -0.1) is 0 Å². The predicted molar refractivity (Wildman–Crippen MR) is 80.7 cm³/mol.